The van der Waals surface area contributed by atoms with Gasteiger partial charge in [0.15, 0.2) is 11.6 Å². The van der Waals surface area contributed by atoms with Crippen molar-refractivity contribution in [2.45, 2.75) is 17.9 Å². The number of amides is 2. The van der Waals surface area contributed by atoms with E-state index >= 15 is 0 Å². The highest BCUT2D eigenvalue weighted by atomic mass is 32.2. The summed E-state index contributed by atoms with van der Waals surface area (Å²) >= 11 is 0. The van der Waals surface area contributed by atoms with E-state index in [0.717, 1.165) is 18.2 Å². The van der Waals surface area contributed by atoms with Gasteiger partial charge in [0, 0.05) is 11.8 Å². The SMILES string of the molecule is CC(C(=O)Nc1ccc(F)c(F)c1)N1C(=O)c2ccccc2S1(=O)=O. The summed E-state index contributed by atoms with van der Waals surface area (Å²) in [4.78, 5) is 24.5. The van der Waals surface area contributed by atoms with Crippen LogP contribution in [0.2, 0.25) is 0 Å². The first-order chi connectivity index (χ1) is 11.7. The molecule has 25 heavy (non-hydrogen) atoms. The largest absolute Gasteiger partial charge is 0.324 e. The lowest BCUT2D eigenvalue weighted by molar-refractivity contribution is -0.118. The van der Waals surface area contributed by atoms with Gasteiger partial charge in [0.2, 0.25) is 5.91 Å². The van der Waals surface area contributed by atoms with Gasteiger partial charge in [-0.25, -0.2) is 21.5 Å². The van der Waals surface area contributed by atoms with Crippen LogP contribution in [0.1, 0.15) is 17.3 Å². The molecule has 2 aromatic carbocycles. The van der Waals surface area contributed by atoms with Gasteiger partial charge in [-0.15, -0.1) is 0 Å². The molecule has 6 nitrogen and oxygen atoms in total. The van der Waals surface area contributed by atoms with Crippen molar-refractivity contribution in [3.05, 3.63) is 59.7 Å². The summed E-state index contributed by atoms with van der Waals surface area (Å²) in [6.45, 7) is 1.23. The Morgan fingerprint density at radius 1 is 1.12 bits per heavy atom. The lowest BCUT2D eigenvalue weighted by Gasteiger charge is -2.22. The van der Waals surface area contributed by atoms with Crippen LogP contribution in [-0.2, 0) is 14.8 Å². The minimum Gasteiger partial charge on any atom is -0.324 e. The number of carbonyl (C=O) groups excluding carboxylic acids is 2. The lowest BCUT2D eigenvalue weighted by atomic mass is 10.2. The summed E-state index contributed by atoms with van der Waals surface area (Å²) in [6, 6.07) is 6.95. The molecule has 0 aliphatic carbocycles. The molecule has 0 bridgehead atoms. The zero-order valence-corrected chi connectivity index (χ0v) is 13.7. The molecule has 0 spiro atoms. The smallest absolute Gasteiger partial charge is 0.269 e. The Labute approximate surface area is 142 Å². The highest BCUT2D eigenvalue weighted by Crippen LogP contribution is 2.31. The van der Waals surface area contributed by atoms with Crippen LogP contribution >= 0.6 is 0 Å². The van der Waals surface area contributed by atoms with Crippen LogP contribution in [0.25, 0.3) is 0 Å². The predicted octanol–water partition coefficient (Wildman–Crippen LogP) is 2.14. The van der Waals surface area contributed by atoms with Crippen molar-refractivity contribution in [2.75, 3.05) is 5.32 Å². The Balaban J connectivity index is 1.88. The maximum absolute atomic E-state index is 13.2. The normalized spacial score (nSPS) is 16.4. The fourth-order valence-electron chi connectivity index (χ4n) is 2.51. The second-order valence-electron chi connectivity index (χ2n) is 5.40. The summed E-state index contributed by atoms with van der Waals surface area (Å²) in [6.07, 6.45) is 0. The van der Waals surface area contributed by atoms with E-state index in [1.54, 1.807) is 0 Å². The van der Waals surface area contributed by atoms with E-state index in [1.165, 1.54) is 31.2 Å². The molecule has 0 saturated heterocycles. The minimum atomic E-state index is -4.16. The average molecular weight is 366 g/mol. The number of fused-ring (bicyclic) bond motifs is 1. The molecule has 1 aliphatic rings. The first-order valence-corrected chi connectivity index (χ1v) is 8.61. The fourth-order valence-corrected chi connectivity index (χ4v) is 4.24. The average Bonchev–Trinajstić information content (AvgIpc) is 2.77. The van der Waals surface area contributed by atoms with Gasteiger partial charge >= 0.3 is 0 Å². The Morgan fingerprint density at radius 2 is 1.80 bits per heavy atom. The molecular formula is C16H12F2N2O4S. The number of halogens is 2. The van der Waals surface area contributed by atoms with Crippen molar-refractivity contribution in [3.8, 4) is 0 Å². The summed E-state index contributed by atoms with van der Waals surface area (Å²) in [7, 11) is -4.16. The zero-order valence-electron chi connectivity index (χ0n) is 12.9. The molecule has 9 heteroatoms. The molecule has 0 aromatic heterocycles. The maximum Gasteiger partial charge on any atom is 0.269 e. The van der Waals surface area contributed by atoms with E-state index in [-0.39, 0.29) is 16.1 Å². The summed E-state index contributed by atoms with van der Waals surface area (Å²) in [5, 5.41) is 2.27. The molecule has 1 atom stereocenters. The number of carbonyl (C=O) groups is 2. The number of anilines is 1. The van der Waals surface area contributed by atoms with Crippen molar-refractivity contribution < 1.29 is 26.8 Å². The number of hydrogen-bond acceptors (Lipinski definition) is 4. The van der Waals surface area contributed by atoms with E-state index in [2.05, 4.69) is 5.32 Å². The summed E-state index contributed by atoms with van der Waals surface area (Å²) in [5.74, 6) is -3.92. The molecule has 1 N–H and O–H groups in total. The number of sulfonamides is 1. The quantitative estimate of drug-likeness (QED) is 0.902. The molecule has 2 aromatic rings. The first kappa shape index (κ1) is 17.0. The lowest BCUT2D eigenvalue weighted by Crippen LogP contribution is -2.45. The molecule has 1 aliphatic heterocycles. The van der Waals surface area contributed by atoms with Crippen molar-refractivity contribution >= 4 is 27.5 Å². The molecule has 0 saturated carbocycles. The van der Waals surface area contributed by atoms with Crippen LogP contribution in [0, 0.1) is 11.6 Å². The number of benzene rings is 2. The van der Waals surface area contributed by atoms with Crippen LogP contribution in [-0.4, -0.2) is 30.6 Å². The number of nitrogens with one attached hydrogen (secondary N) is 1. The van der Waals surface area contributed by atoms with Gasteiger partial charge < -0.3 is 5.32 Å². The summed E-state index contributed by atoms with van der Waals surface area (Å²) in [5.41, 5.74) is -0.0766. The minimum absolute atomic E-state index is 0.0185. The van der Waals surface area contributed by atoms with Gasteiger partial charge in [0.05, 0.1) is 5.56 Å². The predicted molar refractivity (Wildman–Crippen MR) is 84.2 cm³/mol. The van der Waals surface area contributed by atoms with Crippen molar-refractivity contribution in [1.82, 2.24) is 4.31 Å². The van der Waals surface area contributed by atoms with E-state index in [4.69, 9.17) is 0 Å². The molecule has 2 amide bonds. The van der Waals surface area contributed by atoms with Crippen LogP contribution < -0.4 is 5.32 Å². The Kier molecular flexibility index (Phi) is 4.03. The van der Waals surface area contributed by atoms with Crippen LogP contribution in [0.15, 0.2) is 47.4 Å². The Bertz CT molecular complexity index is 991. The van der Waals surface area contributed by atoms with Gasteiger partial charge in [0.1, 0.15) is 10.9 Å². The van der Waals surface area contributed by atoms with E-state index < -0.39 is 39.5 Å². The highest BCUT2D eigenvalue weighted by Gasteiger charge is 2.45. The fraction of sp³-hybridized carbons (Fsp3) is 0.125. The zero-order chi connectivity index (χ0) is 18.4. The topological polar surface area (TPSA) is 83.6 Å². The van der Waals surface area contributed by atoms with Gasteiger partial charge in [-0.3, -0.25) is 9.59 Å². The summed E-state index contributed by atoms with van der Waals surface area (Å²) < 4.78 is 51.6. The van der Waals surface area contributed by atoms with E-state index in [1.807, 2.05) is 0 Å². The molecule has 0 radical (unpaired) electrons. The van der Waals surface area contributed by atoms with Crippen LogP contribution in [0.3, 0.4) is 0 Å². The van der Waals surface area contributed by atoms with Crippen molar-refractivity contribution in [3.63, 3.8) is 0 Å². The third kappa shape index (κ3) is 2.76. The molecule has 1 unspecified atom stereocenters. The van der Waals surface area contributed by atoms with Crippen molar-refractivity contribution in [1.29, 1.82) is 0 Å². The van der Waals surface area contributed by atoms with Gasteiger partial charge in [-0.2, -0.15) is 0 Å². The Morgan fingerprint density at radius 3 is 2.44 bits per heavy atom. The molecule has 130 valence electrons. The van der Waals surface area contributed by atoms with Gasteiger partial charge in [-0.1, -0.05) is 12.1 Å². The monoisotopic (exact) mass is 366 g/mol. The van der Waals surface area contributed by atoms with E-state index in [0.29, 0.717) is 4.31 Å². The standard InChI is InChI=1S/C16H12F2N2O4S/c1-9(15(21)19-10-6-7-12(17)13(18)8-10)20-16(22)11-4-2-3-5-14(11)25(20,23)24/h2-9H,1H3,(H,19,21). The molecule has 3 rings (SSSR count). The highest BCUT2D eigenvalue weighted by molar-refractivity contribution is 7.90. The second-order valence-corrected chi connectivity index (χ2v) is 7.18. The third-order valence-corrected chi connectivity index (χ3v) is 5.68. The first-order valence-electron chi connectivity index (χ1n) is 7.17. The van der Waals surface area contributed by atoms with Gasteiger partial charge in [0.25, 0.3) is 15.9 Å². The second kappa shape index (κ2) is 5.92. The molecule has 1 heterocycles. The van der Waals surface area contributed by atoms with Crippen LogP contribution in [0.5, 0.6) is 0 Å². The Hall–Kier alpha value is -2.81. The third-order valence-electron chi connectivity index (χ3n) is 3.77. The maximum atomic E-state index is 13.2. The number of hydrogen-bond donors (Lipinski definition) is 1. The molecular weight excluding hydrogens is 354 g/mol. The van der Waals surface area contributed by atoms with Crippen LogP contribution in [0.4, 0.5) is 14.5 Å². The van der Waals surface area contributed by atoms with E-state index in [9.17, 15) is 26.8 Å². The number of rotatable bonds is 3. The molecule has 0 fully saturated rings. The van der Waals surface area contributed by atoms with Gasteiger partial charge in [-0.05, 0) is 31.2 Å². The number of nitrogens with zero attached hydrogens (tertiary/aromatic N) is 1. The van der Waals surface area contributed by atoms with Crippen molar-refractivity contribution in [2.24, 2.45) is 0 Å².